The first-order chi connectivity index (χ1) is 7.46. The van der Waals surface area contributed by atoms with Crippen molar-refractivity contribution in [3.8, 4) is 0 Å². The SMILES string of the molecule is CC(C)(C)Cc1nc(N)c2c(n1)CCCC2. The van der Waals surface area contributed by atoms with Crippen LogP contribution in [-0.4, -0.2) is 9.97 Å². The molecule has 1 heterocycles. The number of nitrogens with zero attached hydrogens (tertiary/aromatic N) is 2. The highest BCUT2D eigenvalue weighted by Gasteiger charge is 2.19. The third-order valence-corrected chi connectivity index (χ3v) is 2.95. The molecule has 1 aliphatic carbocycles. The Morgan fingerprint density at radius 1 is 1.12 bits per heavy atom. The van der Waals surface area contributed by atoms with Gasteiger partial charge in [-0.15, -0.1) is 0 Å². The van der Waals surface area contributed by atoms with Crippen LogP contribution in [0.5, 0.6) is 0 Å². The van der Waals surface area contributed by atoms with Crippen LogP contribution in [0.4, 0.5) is 5.82 Å². The van der Waals surface area contributed by atoms with E-state index in [1.165, 1.54) is 24.1 Å². The average Bonchev–Trinajstić information content (AvgIpc) is 2.15. The topological polar surface area (TPSA) is 51.8 Å². The number of aromatic nitrogens is 2. The Hall–Kier alpha value is -1.12. The standard InChI is InChI=1S/C13H21N3/c1-13(2,3)8-11-15-10-7-5-4-6-9(10)12(14)16-11/h4-8H2,1-3H3,(H2,14,15,16). The van der Waals surface area contributed by atoms with E-state index >= 15 is 0 Å². The molecular weight excluding hydrogens is 198 g/mol. The molecule has 0 radical (unpaired) electrons. The highest BCUT2D eigenvalue weighted by atomic mass is 15.0. The van der Waals surface area contributed by atoms with E-state index in [-0.39, 0.29) is 5.41 Å². The van der Waals surface area contributed by atoms with Crippen LogP contribution in [0.25, 0.3) is 0 Å². The summed E-state index contributed by atoms with van der Waals surface area (Å²) in [7, 11) is 0. The lowest BCUT2D eigenvalue weighted by atomic mass is 9.91. The molecule has 0 aliphatic heterocycles. The number of fused-ring (bicyclic) bond motifs is 1. The van der Waals surface area contributed by atoms with Crippen molar-refractivity contribution in [3.05, 3.63) is 17.1 Å². The Balaban J connectivity index is 2.32. The van der Waals surface area contributed by atoms with Crippen LogP contribution in [0.15, 0.2) is 0 Å². The average molecular weight is 219 g/mol. The van der Waals surface area contributed by atoms with Gasteiger partial charge < -0.3 is 5.73 Å². The molecule has 16 heavy (non-hydrogen) atoms. The number of aryl methyl sites for hydroxylation is 1. The van der Waals surface area contributed by atoms with Gasteiger partial charge in [-0.2, -0.15) is 0 Å². The molecule has 0 saturated heterocycles. The number of hydrogen-bond acceptors (Lipinski definition) is 3. The van der Waals surface area contributed by atoms with E-state index in [1.54, 1.807) is 0 Å². The van der Waals surface area contributed by atoms with Crippen molar-refractivity contribution in [3.63, 3.8) is 0 Å². The monoisotopic (exact) mass is 219 g/mol. The minimum atomic E-state index is 0.218. The second kappa shape index (κ2) is 4.04. The normalized spacial score (nSPS) is 15.9. The third kappa shape index (κ3) is 2.52. The minimum Gasteiger partial charge on any atom is -0.383 e. The highest BCUT2D eigenvalue weighted by Crippen LogP contribution is 2.25. The van der Waals surface area contributed by atoms with Crippen LogP contribution in [0.3, 0.4) is 0 Å². The Morgan fingerprint density at radius 2 is 1.81 bits per heavy atom. The van der Waals surface area contributed by atoms with Crippen LogP contribution >= 0.6 is 0 Å². The molecule has 2 rings (SSSR count). The molecule has 0 unspecified atom stereocenters. The summed E-state index contributed by atoms with van der Waals surface area (Å²) < 4.78 is 0. The number of anilines is 1. The Morgan fingerprint density at radius 3 is 2.50 bits per heavy atom. The van der Waals surface area contributed by atoms with E-state index in [0.717, 1.165) is 25.1 Å². The lowest BCUT2D eigenvalue weighted by molar-refractivity contribution is 0.399. The molecule has 0 amide bonds. The molecule has 0 bridgehead atoms. The number of hydrogen-bond donors (Lipinski definition) is 1. The molecule has 0 atom stereocenters. The Kier molecular flexibility index (Phi) is 2.87. The number of nitrogen functional groups attached to an aromatic ring is 1. The molecule has 0 spiro atoms. The maximum Gasteiger partial charge on any atom is 0.131 e. The summed E-state index contributed by atoms with van der Waals surface area (Å²) in [5.41, 5.74) is 8.62. The van der Waals surface area contributed by atoms with Gasteiger partial charge in [-0.25, -0.2) is 9.97 Å². The van der Waals surface area contributed by atoms with Crippen molar-refractivity contribution < 1.29 is 0 Å². The maximum absolute atomic E-state index is 6.01. The molecule has 88 valence electrons. The van der Waals surface area contributed by atoms with Gasteiger partial charge in [-0.05, 0) is 31.1 Å². The maximum atomic E-state index is 6.01. The zero-order chi connectivity index (χ0) is 11.8. The van der Waals surface area contributed by atoms with Crippen LogP contribution in [0.2, 0.25) is 0 Å². The fraction of sp³-hybridized carbons (Fsp3) is 0.692. The quantitative estimate of drug-likeness (QED) is 0.789. The summed E-state index contributed by atoms with van der Waals surface area (Å²) in [5.74, 6) is 1.62. The molecule has 1 aromatic rings. The van der Waals surface area contributed by atoms with E-state index < -0.39 is 0 Å². The summed E-state index contributed by atoms with van der Waals surface area (Å²) in [6.07, 6.45) is 5.47. The van der Waals surface area contributed by atoms with Crippen molar-refractivity contribution in [2.75, 3.05) is 5.73 Å². The Bertz CT molecular complexity index is 391. The summed E-state index contributed by atoms with van der Waals surface area (Å²) in [6.45, 7) is 6.60. The molecule has 0 aromatic carbocycles. The van der Waals surface area contributed by atoms with Crippen LogP contribution in [-0.2, 0) is 19.3 Å². The van der Waals surface area contributed by atoms with E-state index in [4.69, 9.17) is 5.73 Å². The first-order valence-corrected chi connectivity index (χ1v) is 6.10. The van der Waals surface area contributed by atoms with Crippen molar-refractivity contribution in [1.82, 2.24) is 9.97 Å². The highest BCUT2D eigenvalue weighted by molar-refractivity contribution is 5.43. The predicted octanol–water partition coefficient (Wildman–Crippen LogP) is 2.53. The smallest absolute Gasteiger partial charge is 0.131 e. The predicted molar refractivity (Wildman–Crippen MR) is 66.2 cm³/mol. The lowest BCUT2D eigenvalue weighted by Gasteiger charge is -2.20. The fourth-order valence-electron chi connectivity index (χ4n) is 2.23. The van der Waals surface area contributed by atoms with E-state index in [1.807, 2.05) is 0 Å². The van der Waals surface area contributed by atoms with E-state index in [9.17, 15) is 0 Å². The number of rotatable bonds is 1. The van der Waals surface area contributed by atoms with Gasteiger partial charge in [-0.3, -0.25) is 0 Å². The van der Waals surface area contributed by atoms with Gasteiger partial charge in [0.15, 0.2) is 0 Å². The van der Waals surface area contributed by atoms with Crippen molar-refractivity contribution in [2.24, 2.45) is 5.41 Å². The van der Waals surface area contributed by atoms with Crippen molar-refractivity contribution >= 4 is 5.82 Å². The fourth-order valence-corrected chi connectivity index (χ4v) is 2.23. The van der Waals surface area contributed by atoms with Crippen LogP contribution in [0, 0.1) is 5.41 Å². The molecule has 1 aromatic heterocycles. The summed E-state index contributed by atoms with van der Waals surface area (Å²) in [5, 5.41) is 0. The second-order valence-corrected chi connectivity index (χ2v) is 5.89. The van der Waals surface area contributed by atoms with Gasteiger partial charge in [0.2, 0.25) is 0 Å². The molecule has 0 fully saturated rings. The van der Waals surface area contributed by atoms with Crippen molar-refractivity contribution in [2.45, 2.75) is 52.9 Å². The summed E-state index contributed by atoms with van der Waals surface area (Å²) in [6, 6.07) is 0. The molecule has 0 saturated carbocycles. The van der Waals surface area contributed by atoms with Crippen molar-refractivity contribution in [1.29, 1.82) is 0 Å². The van der Waals surface area contributed by atoms with E-state index in [2.05, 4.69) is 30.7 Å². The lowest BCUT2D eigenvalue weighted by Crippen LogP contribution is -2.17. The van der Waals surface area contributed by atoms with Gasteiger partial charge >= 0.3 is 0 Å². The number of nitrogens with two attached hydrogens (primary N) is 1. The van der Waals surface area contributed by atoms with Gasteiger partial charge in [0.05, 0.1) is 0 Å². The van der Waals surface area contributed by atoms with Crippen LogP contribution in [0.1, 0.15) is 50.7 Å². The molecule has 2 N–H and O–H groups in total. The zero-order valence-corrected chi connectivity index (χ0v) is 10.5. The molecular formula is C13H21N3. The third-order valence-electron chi connectivity index (χ3n) is 2.95. The molecule has 3 nitrogen and oxygen atoms in total. The summed E-state index contributed by atoms with van der Waals surface area (Å²) in [4.78, 5) is 9.11. The van der Waals surface area contributed by atoms with Gasteiger partial charge in [-0.1, -0.05) is 20.8 Å². The summed E-state index contributed by atoms with van der Waals surface area (Å²) >= 11 is 0. The largest absolute Gasteiger partial charge is 0.383 e. The first-order valence-electron chi connectivity index (χ1n) is 6.10. The van der Waals surface area contributed by atoms with Gasteiger partial charge in [0, 0.05) is 17.7 Å². The first kappa shape index (κ1) is 11.4. The molecule has 3 heteroatoms. The van der Waals surface area contributed by atoms with Gasteiger partial charge in [0.25, 0.3) is 0 Å². The Labute approximate surface area is 97.5 Å². The van der Waals surface area contributed by atoms with Gasteiger partial charge in [0.1, 0.15) is 11.6 Å². The minimum absolute atomic E-state index is 0.218. The van der Waals surface area contributed by atoms with Crippen LogP contribution < -0.4 is 5.73 Å². The zero-order valence-electron chi connectivity index (χ0n) is 10.5. The molecule has 1 aliphatic rings. The second-order valence-electron chi connectivity index (χ2n) is 5.89. The van der Waals surface area contributed by atoms with E-state index in [0.29, 0.717) is 5.82 Å².